The second-order valence-corrected chi connectivity index (χ2v) is 7.57. The van der Waals surface area contributed by atoms with Gasteiger partial charge in [0.05, 0.1) is 17.8 Å². The third-order valence-electron chi connectivity index (χ3n) is 5.43. The molecule has 1 fully saturated rings. The van der Waals surface area contributed by atoms with Crippen molar-refractivity contribution in [2.24, 2.45) is 12.8 Å². The molecule has 0 saturated heterocycles. The van der Waals surface area contributed by atoms with Crippen LogP contribution in [0.25, 0.3) is 17.2 Å². The van der Waals surface area contributed by atoms with Crippen molar-refractivity contribution in [3.63, 3.8) is 0 Å². The molecule has 1 amide bonds. The van der Waals surface area contributed by atoms with Crippen LogP contribution in [0.5, 0.6) is 0 Å². The van der Waals surface area contributed by atoms with E-state index in [4.69, 9.17) is 5.73 Å². The number of nitrogens with zero attached hydrogens (tertiary/aromatic N) is 5. The fourth-order valence-electron chi connectivity index (χ4n) is 3.90. The van der Waals surface area contributed by atoms with Crippen molar-refractivity contribution in [2.75, 3.05) is 0 Å². The van der Waals surface area contributed by atoms with E-state index in [0.717, 1.165) is 29.9 Å². The number of amides is 1. The van der Waals surface area contributed by atoms with Gasteiger partial charge in [0.1, 0.15) is 5.69 Å². The van der Waals surface area contributed by atoms with E-state index < -0.39 is 5.91 Å². The van der Waals surface area contributed by atoms with Gasteiger partial charge in [0, 0.05) is 13.0 Å². The highest BCUT2D eigenvalue weighted by atomic mass is 16.1. The molecule has 1 saturated carbocycles. The second kappa shape index (κ2) is 6.04. The zero-order chi connectivity index (χ0) is 18.5. The van der Waals surface area contributed by atoms with Crippen LogP contribution in [0.3, 0.4) is 0 Å². The maximum atomic E-state index is 11.4. The third-order valence-corrected chi connectivity index (χ3v) is 5.43. The lowest BCUT2D eigenvalue weighted by Crippen LogP contribution is -2.14. The largest absolute Gasteiger partial charge is 0.369 e. The van der Waals surface area contributed by atoms with Crippen LogP contribution in [0.1, 0.15) is 47.8 Å². The lowest BCUT2D eigenvalue weighted by molar-refractivity contribution is -0.117. The molecule has 0 unspecified atom stereocenters. The van der Waals surface area contributed by atoms with Gasteiger partial charge in [-0.25, -0.2) is 9.67 Å². The van der Waals surface area contributed by atoms with Crippen LogP contribution in [-0.2, 0) is 31.1 Å². The van der Waals surface area contributed by atoms with E-state index in [-0.39, 0.29) is 6.42 Å². The number of hydrogen-bond donors (Lipinski definition) is 1. The quantitative estimate of drug-likeness (QED) is 0.752. The second-order valence-electron chi connectivity index (χ2n) is 7.57. The molecule has 0 aliphatic heterocycles. The predicted molar refractivity (Wildman–Crippen MR) is 100 cm³/mol. The van der Waals surface area contributed by atoms with Crippen LogP contribution in [0.2, 0.25) is 0 Å². The highest BCUT2D eigenvalue weighted by Gasteiger charge is 2.28. The van der Waals surface area contributed by atoms with Crippen molar-refractivity contribution in [2.45, 2.75) is 44.4 Å². The molecule has 0 bridgehead atoms. The van der Waals surface area contributed by atoms with Crippen LogP contribution in [-0.4, -0.2) is 30.5 Å². The van der Waals surface area contributed by atoms with Gasteiger partial charge >= 0.3 is 0 Å². The molecule has 2 aliphatic rings. The van der Waals surface area contributed by atoms with Gasteiger partial charge in [-0.15, -0.1) is 0 Å². The summed E-state index contributed by atoms with van der Waals surface area (Å²) in [5, 5.41) is 9.25. The first-order valence-corrected chi connectivity index (χ1v) is 9.49. The molecule has 1 aromatic carbocycles. The average Bonchev–Trinajstić information content (AvgIpc) is 3.06. The molecule has 27 heavy (non-hydrogen) atoms. The topological polar surface area (TPSA) is 91.6 Å². The van der Waals surface area contributed by atoms with Crippen LogP contribution < -0.4 is 5.73 Å². The van der Waals surface area contributed by atoms with E-state index in [1.807, 2.05) is 16.4 Å². The molecule has 2 N–H and O–H groups in total. The zero-order valence-corrected chi connectivity index (χ0v) is 15.4. The van der Waals surface area contributed by atoms with Crippen LogP contribution >= 0.6 is 0 Å². The standard InChI is InChI=1S/C20H22N6O/c1-25-17(10-16(23-25)13-5-6-13)20-22-19(11-18(21)27)24-26(20)15-8-7-12-3-2-4-14(12)9-15/h7-10,13H,2-6,11H2,1H3,(H2,21,27). The molecule has 0 radical (unpaired) electrons. The summed E-state index contributed by atoms with van der Waals surface area (Å²) >= 11 is 0. The number of rotatable bonds is 5. The van der Waals surface area contributed by atoms with Gasteiger partial charge in [0.15, 0.2) is 11.6 Å². The number of aromatic nitrogens is 5. The highest BCUT2D eigenvalue weighted by Crippen LogP contribution is 2.40. The SMILES string of the molecule is Cn1nc(C2CC2)cc1-c1nc(CC(N)=O)nn1-c1ccc2c(c1)CCC2. The maximum Gasteiger partial charge on any atom is 0.225 e. The lowest BCUT2D eigenvalue weighted by Gasteiger charge is -2.08. The zero-order valence-electron chi connectivity index (χ0n) is 15.4. The molecule has 7 heteroatoms. The molecule has 0 spiro atoms. The van der Waals surface area contributed by atoms with Crippen molar-refractivity contribution in [1.82, 2.24) is 24.5 Å². The van der Waals surface area contributed by atoms with E-state index in [1.54, 1.807) is 0 Å². The Balaban J connectivity index is 1.63. The monoisotopic (exact) mass is 362 g/mol. The Bertz CT molecular complexity index is 1040. The molecule has 138 valence electrons. The van der Waals surface area contributed by atoms with Crippen molar-refractivity contribution < 1.29 is 4.79 Å². The summed E-state index contributed by atoms with van der Waals surface area (Å²) in [6.45, 7) is 0. The van der Waals surface area contributed by atoms with Gasteiger partial charge in [-0.2, -0.15) is 10.2 Å². The number of hydrogen-bond acceptors (Lipinski definition) is 4. The van der Waals surface area contributed by atoms with E-state index in [1.165, 1.54) is 30.4 Å². The Morgan fingerprint density at radius 3 is 2.78 bits per heavy atom. The van der Waals surface area contributed by atoms with Crippen LogP contribution in [0, 0.1) is 0 Å². The number of aryl methyl sites for hydroxylation is 3. The van der Waals surface area contributed by atoms with Gasteiger partial charge in [-0.05, 0) is 61.4 Å². The van der Waals surface area contributed by atoms with E-state index >= 15 is 0 Å². The lowest BCUT2D eigenvalue weighted by atomic mass is 10.1. The maximum absolute atomic E-state index is 11.4. The molecule has 2 aromatic heterocycles. The molecular formula is C20H22N6O. The summed E-state index contributed by atoms with van der Waals surface area (Å²) in [4.78, 5) is 16.0. The minimum absolute atomic E-state index is 0.0261. The summed E-state index contributed by atoms with van der Waals surface area (Å²) in [6.07, 6.45) is 5.85. The van der Waals surface area contributed by atoms with E-state index in [0.29, 0.717) is 17.6 Å². The Morgan fingerprint density at radius 1 is 1.19 bits per heavy atom. The smallest absolute Gasteiger partial charge is 0.225 e. The fraction of sp³-hybridized carbons (Fsp3) is 0.400. The fourth-order valence-corrected chi connectivity index (χ4v) is 3.90. The first-order valence-electron chi connectivity index (χ1n) is 9.49. The number of benzene rings is 1. The van der Waals surface area contributed by atoms with Gasteiger partial charge in [-0.1, -0.05) is 6.07 Å². The van der Waals surface area contributed by atoms with Crippen molar-refractivity contribution in [3.8, 4) is 17.2 Å². The van der Waals surface area contributed by atoms with Crippen molar-refractivity contribution >= 4 is 5.91 Å². The summed E-state index contributed by atoms with van der Waals surface area (Å²) in [5.74, 6) is 1.26. The number of fused-ring (bicyclic) bond motifs is 1. The van der Waals surface area contributed by atoms with E-state index in [2.05, 4.69) is 39.4 Å². The molecule has 5 rings (SSSR count). The molecular weight excluding hydrogens is 340 g/mol. The Morgan fingerprint density at radius 2 is 2.00 bits per heavy atom. The normalized spacial score (nSPS) is 15.9. The molecule has 0 atom stereocenters. The number of carbonyl (C=O) groups excluding carboxylic acids is 1. The number of carbonyl (C=O) groups is 1. The van der Waals surface area contributed by atoms with Gasteiger partial charge < -0.3 is 5.73 Å². The Hall–Kier alpha value is -2.96. The van der Waals surface area contributed by atoms with Gasteiger partial charge in [0.25, 0.3) is 0 Å². The minimum atomic E-state index is -0.434. The van der Waals surface area contributed by atoms with Crippen molar-refractivity contribution in [3.05, 3.63) is 46.9 Å². The molecule has 3 aromatic rings. The number of nitrogens with two attached hydrogens (primary N) is 1. The molecule has 7 nitrogen and oxygen atoms in total. The summed E-state index contributed by atoms with van der Waals surface area (Å²) in [5.41, 5.74) is 11.1. The first kappa shape index (κ1) is 16.2. The van der Waals surface area contributed by atoms with Crippen molar-refractivity contribution in [1.29, 1.82) is 0 Å². The minimum Gasteiger partial charge on any atom is -0.369 e. The average molecular weight is 362 g/mol. The molecule has 2 aliphatic carbocycles. The van der Waals surface area contributed by atoms with Gasteiger partial charge in [-0.3, -0.25) is 9.48 Å². The third kappa shape index (κ3) is 2.93. The first-order chi connectivity index (χ1) is 13.1. The summed E-state index contributed by atoms with van der Waals surface area (Å²) in [7, 11) is 1.93. The summed E-state index contributed by atoms with van der Waals surface area (Å²) < 4.78 is 3.68. The summed E-state index contributed by atoms with van der Waals surface area (Å²) in [6, 6.07) is 8.54. The van der Waals surface area contributed by atoms with Gasteiger partial charge in [0.2, 0.25) is 5.91 Å². The van der Waals surface area contributed by atoms with Crippen LogP contribution in [0.15, 0.2) is 24.3 Å². The Kier molecular flexibility index (Phi) is 3.63. The van der Waals surface area contributed by atoms with E-state index in [9.17, 15) is 4.79 Å². The molecule has 2 heterocycles. The Labute approximate surface area is 157 Å². The number of primary amides is 1. The highest BCUT2D eigenvalue weighted by molar-refractivity contribution is 5.75. The predicted octanol–water partition coefficient (Wildman–Crippen LogP) is 2.06. The van der Waals surface area contributed by atoms with Crippen LogP contribution in [0.4, 0.5) is 0 Å².